The fourth-order valence-corrected chi connectivity index (χ4v) is 4.39. The van der Waals surface area contributed by atoms with E-state index in [4.69, 9.17) is 16.0 Å². The Bertz CT molecular complexity index is 1240. The molecule has 1 N–H and O–H groups in total. The van der Waals surface area contributed by atoms with Crippen LogP contribution < -0.4 is 10.7 Å². The van der Waals surface area contributed by atoms with Crippen molar-refractivity contribution in [1.29, 1.82) is 0 Å². The van der Waals surface area contributed by atoms with Gasteiger partial charge in [0.05, 0.1) is 17.0 Å². The Hall–Kier alpha value is -3.19. The lowest BCUT2D eigenvalue weighted by Gasteiger charge is -2.25. The van der Waals surface area contributed by atoms with Crippen molar-refractivity contribution in [1.82, 2.24) is 20.2 Å². The SMILES string of the molecule is O=c1c(C(Nc2ccc(Cl)cc2)c2nnnn2C2CCCCC2)coc2ccccc12. The molecule has 31 heavy (non-hydrogen) atoms. The van der Waals surface area contributed by atoms with Crippen LogP contribution in [0.15, 0.2) is 64.0 Å². The Kier molecular flexibility index (Phi) is 5.42. The Balaban J connectivity index is 1.62. The van der Waals surface area contributed by atoms with E-state index in [-0.39, 0.29) is 11.5 Å². The molecular weight excluding hydrogens is 414 g/mol. The smallest absolute Gasteiger partial charge is 0.198 e. The molecule has 2 aromatic carbocycles. The number of aromatic nitrogens is 4. The zero-order valence-electron chi connectivity index (χ0n) is 16.9. The van der Waals surface area contributed by atoms with E-state index >= 15 is 0 Å². The largest absolute Gasteiger partial charge is 0.464 e. The standard InChI is InChI=1S/C23H22ClN5O2/c24-15-10-12-16(13-11-15)25-21(19-14-31-20-9-5-4-8-18(20)22(19)30)23-26-27-28-29(23)17-6-2-1-3-7-17/h4-5,8-14,17,21,25H,1-3,6-7H2. The van der Waals surface area contributed by atoms with Crippen molar-refractivity contribution in [3.05, 3.63) is 81.4 Å². The zero-order chi connectivity index (χ0) is 21.2. The van der Waals surface area contributed by atoms with Crippen LogP contribution in [0.5, 0.6) is 0 Å². The highest BCUT2D eigenvalue weighted by atomic mass is 35.5. The van der Waals surface area contributed by atoms with Gasteiger partial charge < -0.3 is 9.73 Å². The number of fused-ring (bicyclic) bond motifs is 1. The van der Waals surface area contributed by atoms with Gasteiger partial charge in [0.1, 0.15) is 17.9 Å². The van der Waals surface area contributed by atoms with E-state index in [1.165, 1.54) is 12.7 Å². The predicted octanol–water partition coefficient (Wildman–Crippen LogP) is 5.14. The minimum absolute atomic E-state index is 0.105. The summed E-state index contributed by atoms with van der Waals surface area (Å²) < 4.78 is 7.68. The third-order valence-electron chi connectivity index (χ3n) is 5.87. The molecule has 1 unspecified atom stereocenters. The lowest BCUT2D eigenvalue weighted by molar-refractivity contribution is 0.315. The summed E-state index contributed by atoms with van der Waals surface area (Å²) in [5.74, 6) is 0.601. The average Bonchev–Trinajstić information content (AvgIpc) is 3.30. The Morgan fingerprint density at radius 1 is 1.06 bits per heavy atom. The number of anilines is 1. The summed E-state index contributed by atoms with van der Waals surface area (Å²) in [6.07, 6.45) is 7.09. The molecule has 1 atom stereocenters. The fraction of sp³-hybridized carbons (Fsp3) is 0.304. The second-order valence-electron chi connectivity index (χ2n) is 7.87. The van der Waals surface area contributed by atoms with Crippen LogP contribution in [-0.4, -0.2) is 20.2 Å². The van der Waals surface area contributed by atoms with Crippen LogP contribution in [-0.2, 0) is 0 Å². The summed E-state index contributed by atoms with van der Waals surface area (Å²) in [6.45, 7) is 0. The summed E-state index contributed by atoms with van der Waals surface area (Å²) >= 11 is 6.05. The van der Waals surface area contributed by atoms with Crippen LogP contribution in [0.1, 0.15) is 55.6 Å². The monoisotopic (exact) mass is 435 g/mol. The van der Waals surface area contributed by atoms with Gasteiger partial charge in [0.15, 0.2) is 11.3 Å². The molecule has 1 aliphatic rings. The number of benzene rings is 2. The van der Waals surface area contributed by atoms with Crippen LogP contribution >= 0.6 is 11.6 Å². The number of hydrogen-bond donors (Lipinski definition) is 1. The zero-order valence-corrected chi connectivity index (χ0v) is 17.6. The van der Waals surface area contributed by atoms with Gasteiger partial charge in [-0.1, -0.05) is 43.0 Å². The van der Waals surface area contributed by atoms with E-state index in [1.807, 2.05) is 28.9 Å². The van der Waals surface area contributed by atoms with Crippen molar-refractivity contribution >= 4 is 28.3 Å². The normalized spacial score (nSPS) is 15.8. The van der Waals surface area contributed by atoms with Gasteiger partial charge >= 0.3 is 0 Å². The molecule has 0 saturated heterocycles. The lowest BCUT2D eigenvalue weighted by atomic mass is 9.95. The summed E-state index contributed by atoms with van der Waals surface area (Å²) in [7, 11) is 0. The van der Waals surface area contributed by atoms with Gasteiger partial charge in [0, 0.05) is 10.7 Å². The molecule has 8 heteroatoms. The van der Waals surface area contributed by atoms with Gasteiger partial charge in [-0.05, 0) is 59.7 Å². The highest BCUT2D eigenvalue weighted by Crippen LogP contribution is 2.32. The van der Waals surface area contributed by atoms with E-state index in [2.05, 4.69) is 20.8 Å². The minimum Gasteiger partial charge on any atom is -0.464 e. The van der Waals surface area contributed by atoms with Crippen molar-refractivity contribution in [3.63, 3.8) is 0 Å². The van der Waals surface area contributed by atoms with Crippen LogP contribution in [0.4, 0.5) is 5.69 Å². The van der Waals surface area contributed by atoms with Gasteiger partial charge in [-0.3, -0.25) is 4.79 Å². The molecule has 1 aliphatic carbocycles. The first-order chi connectivity index (χ1) is 15.2. The van der Waals surface area contributed by atoms with Crippen LogP contribution in [0.2, 0.25) is 5.02 Å². The van der Waals surface area contributed by atoms with Gasteiger partial charge in [-0.25, -0.2) is 4.68 Å². The number of hydrogen-bond acceptors (Lipinski definition) is 6. The molecular formula is C23H22ClN5O2. The molecule has 0 spiro atoms. The minimum atomic E-state index is -0.570. The molecule has 0 amide bonds. The Labute approximate surface area is 184 Å². The molecule has 7 nitrogen and oxygen atoms in total. The average molecular weight is 436 g/mol. The highest BCUT2D eigenvalue weighted by molar-refractivity contribution is 6.30. The second kappa shape index (κ2) is 8.51. The first kappa shape index (κ1) is 19.8. The fourth-order valence-electron chi connectivity index (χ4n) is 4.26. The molecule has 1 saturated carbocycles. The highest BCUT2D eigenvalue weighted by Gasteiger charge is 2.29. The molecule has 2 heterocycles. The summed E-state index contributed by atoms with van der Waals surface area (Å²) in [6, 6.07) is 14.2. The summed E-state index contributed by atoms with van der Waals surface area (Å²) in [5, 5.41) is 17.2. The third kappa shape index (κ3) is 3.93. The Morgan fingerprint density at radius 2 is 1.84 bits per heavy atom. The summed E-state index contributed by atoms with van der Waals surface area (Å²) in [5.41, 5.74) is 1.71. The predicted molar refractivity (Wildman–Crippen MR) is 119 cm³/mol. The molecule has 0 bridgehead atoms. The van der Waals surface area contributed by atoms with Gasteiger partial charge in [0.2, 0.25) is 0 Å². The van der Waals surface area contributed by atoms with Crippen molar-refractivity contribution in [2.45, 2.75) is 44.2 Å². The number of halogens is 1. The lowest BCUT2D eigenvalue weighted by Crippen LogP contribution is -2.26. The number of tetrazole rings is 1. The van der Waals surface area contributed by atoms with Crippen LogP contribution in [0.25, 0.3) is 11.0 Å². The first-order valence-electron chi connectivity index (χ1n) is 10.5. The van der Waals surface area contributed by atoms with Crippen molar-refractivity contribution in [2.75, 3.05) is 5.32 Å². The van der Waals surface area contributed by atoms with Crippen molar-refractivity contribution in [2.24, 2.45) is 0 Å². The summed E-state index contributed by atoms with van der Waals surface area (Å²) in [4.78, 5) is 13.4. The van der Waals surface area contributed by atoms with E-state index in [0.29, 0.717) is 27.4 Å². The maximum Gasteiger partial charge on any atom is 0.198 e. The molecule has 1 fully saturated rings. The van der Waals surface area contributed by atoms with Gasteiger partial charge in [-0.15, -0.1) is 5.10 Å². The number of nitrogens with zero attached hydrogens (tertiary/aromatic N) is 4. The van der Waals surface area contributed by atoms with Crippen molar-refractivity contribution in [3.8, 4) is 0 Å². The topological polar surface area (TPSA) is 85.8 Å². The molecule has 158 valence electrons. The van der Waals surface area contributed by atoms with Gasteiger partial charge in [0.25, 0.3) is 0 Å². The molecule has 0 radical (unpaired) electrons. The molecule has 0 aliphatic heterocycles. The van der Waals surface area contributed by atoms with E-state index < -0.39 is 6.04 Å². The van der Waals surface area contributed by atoms with E-state index in [9.17, 15) is 4.79 Å². The maximum atomic E-state index is 13.4. The van der Waals surface area contributed by atoms with Gasteiger partial charge in [-0.2, -0.15) is 0 Å². The first-order valence-corrected chi connectivity index (χ1v) is 10.9. The maximum absolute atomic E-state index is 13.4. The molecule has 5 rings (SSSR count). The third-order valence-corrected chi connectivity index (χ3v) is 6.12. The number of rotatable bonds is 5. The van der Waals surface area contributed by atoms with Crippen LogP contribution in [0, 0.1) is 0 Å². The number of nitrogens with one attached hydrogen (secondary N) is 1. The molecule has 2 aromatic heterocycles. The van der Waals surface area contributed by atoms with E-state index in [1.54, 1.807) is 24.3 Å². The number of para-hydroxylation sites is 1. The molecule has 4 aromatic rings. The van der Waals surface area contributed by atoms with Crippen molar-refractivity contribution < 1.29 is 4.42 Å². The quantitative estimate of drug-likeness (QED) is 0.467. The van der Waals surface area contributed by atoms with E-state index in [0.717, 1.165) is 31.4 Å². The Morgan fingerprint density at radius 3 is 2.65 bits per heavy atom. The van der Waals surface area contributed by atoms with Crippen LogP contribution in [0.3, 0.4) is 0 Å². The second-order valence-corrected chi connectivity index (χ2v) is 8.31.